The van der Waals surface area contributed by atoms with Crippen molar-refractivity contribution in [3.63, 3.8) is 0 Å². The van der Waals surface area contributed by atoms with Gasteiger partial charge in [-0.15, -0.1) is 0 Å². The second-order valence-corrected chi connectivity index (χ2v) is 4.87. The van der Waals surface area contributed by atoms with Crippen LogP contribution in [-0.2, 0) is 14.1 Å². The Morgan fingerprint density at radius 1 is 1.35 bits per heavy atom. The average molecular weight is 280 g/mol. The van der Waals surface area contributed by atoms with Gasteiger partial charge in [-0.25, -0.2) is 4.79 Å². The molecule has 2 aromatic rings. The van der Waals surface area contributed by atoms with E-state index in [1.807, 2.05) is 6.92 Å². The highest BCUT2D eigenvalue weighted by Gasteiger charge is 2.13. The van der Waals surface area contributed by atoms with Gasteiger partial charge in [-0.2, -0.15) is 4.98 Å². The van der Waals surface area contributed by atoms with Crippen LogP contribution in [0.4, 0.5) is 5.95 Å². The molecule has 0 aliphatic carbocycles. The maximum Gasteiger partial charge on any atom is 0.332 e. The van der Waals surface area contributed by atoms with Gasteiger partial charge in [0.2, 0.25) is 5.95 Å². The number of aromatic amines is 1. The molecular formula is C12H20N6O2. The second-order valence-electron chi connectivity index (χ2n) is 4.87. The monoisotopic (exact) mass is 280 g/mol. The molecule has 0 saturated carbocycles. The molecule has 0 saturated heterocycles. The fourth-order valence-corrected chi connectivity index (χ4v) is 1.99. The summed E-state index contributed by atoms with van der Waals surface area (Å²) in [6, 6.07) is 0.143. The van der Waals surface area contributed by atoms with Crippen molar-refractivity contribution >= 4 is 17.1 Å². The zero-order valence-corrected chi connectivity index (χ0v) is 11.9. The number of nitrogens with one attached hydrogen (secondary N) is 2. The average Bonchev–Trinajstić information content (AvgIpc) is 2.87. The highest BCUT2D eigenvalue weighted by molar-refractivity contribution is 5.72. The van der Waals surface area contributed by atoms with Crippen molar-refractivity contribution in [1.82, 2.24) is 19.1 Å². The molecule has 0 aromatic carbocycles. The normalized spacial score (nSPS) is 12.8. The molecule has 2 aromatic heterocycles. The zero-order chi connectivity index (χ0) is 14.9. The molecule has 0 amide bonds. The smallest absolute Gasteiger partial charge is 0.332 e. The number of nitrogens with two attached hydrogens (primary N) is 1. The molecular weight excluding hydrogens is 260 g/mol. The molecule has 4 N–H and O–H groups in total. The molecule has 0 aliphatic rings. The van der Waals surface area contributed by atoms with Gasteiger partial charge in [0.15, 0.2) is 11.2 Å². The van der Waals surface area contributed by atoms with E-state index in [4.69, 9.17) is 5.73 Å². The van der Waals surface area contributed by atoms with Crippen molar-refractivity contribution in [2.24, 2.45) is 19.8 Å². The third-order valence-electron chi connectivity index (χ3n) is 3.43. The maximum atomic E-state index is 12.0. The minimum absolute atomic E-state index is 0.143. The lowest BCUT2D eigenvalue weighted by atomic mass is 10.2. The van der Waals surface area contributed by atoms with Crippen molar-refractivity contribution in [1.29, 1.82) is 0 Å². The predicted molar refractivity (Wildman–Crippen MR) is 77.9 cm³/mol. The summed E-state index contributed by atoms with van der Waals surface area (Å²) in [5, 5.41) is 3.08. The first-order valence-electron chi connectivity index (χ1n) is 6.60. The van der Waals surface area contributed by atoms with Crippen LogP contribution in [0, 0.1) is 0 Å². The predicted octanol–water partition coefficient (Wildman–Crippen LogP) is -0.500. The van der Waals surface area contributed by atoms with Gasteiger partial charge >= 0.3 is 5.69 Å². The van der Waals surface area contributed by atoms with E-state index in [9.17, 15) is 9.59 Å². The van der Waals surface area contributed by atoms with Gasteiger partial charge in [0.1, 0.15) is 0 Å². The van der Waals surface area contributed by atoms with Gasteiger partial charge < -0.3 is 16.0 Å². The Balaban J connectivity index is 2.30. The van der Waals surface area contributed by atoms with Crippen molar-refractivity contribution in [3.05, 3.63) is 20.8 Å². The maximum absolute atomic E-state index is 12.0. The van der Waals surface area contributed by atoms with E-state index in [-0.39, 0.29) is 11.6 Å². The number of fused-ring (bicyclic) bond motifs is 1. The Bertz CT molecular complexity index is 726. The Morgan fingerprint density at radius 2 is 2.05 bits per heavy atom. The number of hydrogen-bond donors (Lipinski definition) is 3. The SMILES string of the molecule is CCC(N)CCNc1nc2c([nH]1)c(=O)n(C)c(=O)n2C. The third-order valence-corrected chi connectivity index (χ3v) is 3.43. The summed E-state index contributed by atoms with van der Waals surface area (Å²) in [7, 11) is 3.03. The molecule has 0 bridgehead atoms. The number of hydrogen-bond acceptors (Lipinski definition) is 5. The Labute approximate surface area is 115 Å². The molecule has 0 aliphatic heterocycles. The number of nitrogens with zero attached hydrogens (tertiary/aromatic N) is 3. The summed E-state index contributed by atoms with van der Waals surface area (Å²) in [4.78, 5) is 30.9. The van der Waals surface area contributed by atoms with E-state index in [2.05, 4.69) is 15.3 Å². The fourth-order valence-electron chi connectivity index (χ4n) is 1.99. The first kappa shape index (κ1) is 14.3. The summed E-state index contributed by atoms with van der Waals surface area (Å²) in [5.74, 6) is 0.474. The number of H-pyrrole nitrogens is 1. The number of aryl methyl sites for hydroxylation is 1. The van der Waals surface area contributed by atoms with Crippen LogP contribution >= 0.6 is 0 Å². The summed E-state index contributed by atoms with van der Waals surface area (Å²) in [6.07, 6.45) is 1.72. The quantitative estimate of drug-likeness (QED) is 0.684. The highest BCUT2D eigenvalue weighted by Crippen LogP contribution is 2.08. The molecule has 0 spiro atoms. The van der Waals surface area contributed by atoms with Crippen molar-refractivity contribution in [3.8, 4) is 0 Å². The summed E-state index contributed by atoms with van der Waals surface area (Å²) < 4.78 is 2.40. The molecule has 20 heavy (non-hydrogen) atoms. The van der Waals surface area contributed by atoms with Crippen molar-refractivity contribution in [2.75, 3.05) is 11.9 Å². The van der Waals surface area contributed by atoms with Gasteiger partial charge in [0, 0.05) is 26.7 Å². The summed E-state index contributed by atoms with van der Waals surface area (Å²) >= 11 is 0. The Kier molecular flexibility index (Phi) is 3.93. The van der Waals surface area contributed by atoms with Crippen molar-refractivity contribution in [2.45, 2.75) is 25.8 Å². The number of imidazole rings is 1. The zero-order valence-electron chi connectivity index (χ0n) is 11.9. The Hall–Kier alpha value is -2.09. The van der Waals surface area contributed by atoms with Crippen LogP contribution in [-0.4, -0.2) is 31.7 Å². The van der Waals surface area contributed by atoms with Crippen molar-refractivity contribution < 1.29 is 0 Å². The highest BCUT2D eigenvalue weighted by atomic mass is 16.2. The van der Waals surface area contributed by atoms with Crippen LogP contribution in [0.3, 0.4) is 0 Å². The van der Waals surface area contributed by atoms with E-state index in [0.29, 0.717) is 23.7 Å². The lowest BCUT2D eigenvalue weighted by Gasteiger charge is -2.08. The van der Waals surface area contributed by atoms with E-state index < -0.39 is 5.69 Å². The van der Waals surface area contributed by atoms with Gasteiger partial charge in [0.25, 0.3) is 5.56 Å². The molecule has 2 heterocycles. The molecule has 0 radical (unpaired) electrons. The first-order valence-corrected chi connectivity index (χ1v) is 6.60. The van der Waals surface area contributed by atoms with E-state index in [0.717, 1.165) is 17.4 Å². The first-order chi connectivity index (χ1) is 9.45. The van der Waals surface area contributed by atoms with Gasteiger partial charge in [-0.3, -0.25) is 13.9 Å². The largest absolute Gasteiger partial charge is 0.356 e. The molecule has 1 atom stereocenters. The molecule has 8 heteroatoms. The number of anilines is 1. The topological polar surface area (TPSA) is 111 Å². The van der Waals surface area contributed by atoms with Gasteiger partial charge in [-0.05, 0) is 12.8 Å². The van der Waals surface area contributed by atoms with Gasteiger partial charge in [-0.1, -0.05) is 6.92 Å². The summed E-state index contributed by atoms with van der Waals surface area (Å²) in [6.45, 7) is 2.69. The number of aromatic nitrogens is 4. The minimum atomic E-state index is -0.395. The molecule has 2 rings (SSSR count). The van der Waals surface area contributed by atoms with Crippen LogP contribution < -0.4 is 22.3 Å². The van der Waals surface area contributed by atoms with Crippen LogP contribution in [0.1, 0.15) is 19.8 Å². The molecule has 1 unspecified atom stereocenters. The van der Waals surface area contributed by atoms with Crippen LogP contribution in [0.15, 0.2) is 9.59 Å². The standard InChI is InChI=1S/C12H20N6O2/c1-4-7(13)5-6-14-11-15-8-9(16-11)17(2)12(20)18(3)10(8)19/h7H,4-6,13H2,1-3H3,(H2,14,15,16). The lowest BCUT2D eigenvalue weighted by molar-refractivity contribution is 0.612. The molecule has 110 valence electrons. The fraction of sp³-hybridized carbons (Fsp3) is 0.583. The Morgan fingerprint density at radius 3 is 2.70 bits per heavy atom. The van der Waals surface area contributed by atoms with E-state index in [1.54, 1.807) is 7.05 Å². The molecule has 8 nitrogen and oxygen atoms in total. The van der Waals surface area contributed by atoms with Crippen LogP contribution in [0.25, 0.3) is 11.2 Å². The minimum Gasteiger partial charge on any atom is -0.356 e. The lowest BCUT2D eigenvalue weighted by Crippen LogP contribution is -2.36. The van der Waals surface area contributed by atoms with E-state index >= 15 is 0 Å². The molecule has 0 fully saturated rings. The van der Waals surface area contributed by atoms with Crippen LogP contribution in [0.5, 0.6) is 0 Å². The third kappa shape index (κ3) is 2.46. The second kappa shape index (κ2) is 5.49. The van der Waals surface area contributed by atoms with E-state index in [1.165, 1.54) is 11.6 Å². The number of rotatable bonds is 5. The summed E-state index contributed by atoms with van der Waals surface area (Å²) in [5.41, 5.74) is 5.72. The van der Waals surface area contributed by atoms with Gasteiger partial charge in [0.05, 0.1) is 0 Å². The van der Waals surface area contributed by atoms with Crippen LogP contribution in [0.2, 0.25) is 0 Å².